The third-order valence-electron chi connectivity index (χ3n) is 4.17. The lowest BCUT2D eigenvalue weighted by Crippen LogP contribution is -2.45. The number of methoxy groups -OCH3 is 1. The number of para-hydroxylation sites is 1. The fourth-order valence-corrected chi connectivity index (χ4v) is 2.87. The number of nitrogens with one attached hydrogen (secondary N) is 1. The van der Waals surface area contributed by atoms with Gasteiger partial charge in [-0.2, -0.15) is 0 Å². The molecule has 0 aliphatic heterocycles. The van der Waals surface area contributed by atoms with Crippen LogP contribution >= 0.6 is 0 Å². The quantitative estimate of drug-likeness (QED) is 0.827. The Hall–Kier alpha value is -1.02. The summed E-state index contributed by atoms with van der Waals surface area (Å²) < 4.78 is 5.44. The molecule has 18 heavy (non-hydrogen) atoms. The van der Waals surface area contributed by atoms with Gasteiger partial charge in [-0.1, -0.05) is 32.0 Å². The molecular weight excluding hydrogens is 222 g/mol. The SMILES string of the molecule is CCC(CC)NC1CC(c2ccccc2OC)C1. The van der Waals surface area contributed by atoms with E-state index in [9.17, 15) is 0 Å². The second-order valence-corrected chi connectivity index (χ2v) is 5.29. The molecule has 0 saturated heterocycles. The molecule has 1 fully saturated rings. The van der Waals surface area contributed by atoms with Crippen molar-refractivity contribution in [1.29, 1.82) is 0 Å². The van der Waals surface area contributed by atoms with Gasteiger partial charge in [-0.15, -0.1) is 0 Å². The Kier molecular flexibility index (Phi) is 4.65. The molecule has 0 amide bonds. The monoisotopic (exact) mass is 247 g/mol. The molecule has 0 radical (unpaired) electrons. The van der Waals surface area contributed by atoms with E-state index in [1.54, 1.807) is 7.11 Å². The van der Waals surface area contributed by atoms with Crippen LogP contribution in [-0.2, 0) is 0 Å². The van der Waals surface area contributed by atoms with E-state index < -0.39 is 0 Å². The molecular formula is C16H25NO. The molecule has 0 bridgehead atoms. The van der Waals surface area contributed by atoms with Crippen molar-refractivity contribution in [3.05, 3.63) is 29.8 Å². The van der Waals surface area contributed by atoms with Crippen molar-refractivity contribution in [1.82, 2.24) is 5.32 Å². The Morgan fingerprint density at radius 3 is 2.50 bits per heavy atom. The largest absolute Gasteiger partial charge is 0.496 e. The Labute approximate surface area is 111 Å². The summed E-state index contributed by atoms with van der Waals surface area (Å²) in [5.41, 5.74) is 1.38. The fraction of sp³-hybridized carbons (Fsp3) is 0.625. The van der Waals surface area contributed by atoms with Gasteiger partial charge in [-0.05, 0) is 43.2 Å². The second-order valence-electron chi connectivity index (χ2n) is 5.29. The lowest BCUT2D eigenvalue weighted by Gasteiger charge is -2.39. The zero-order valence-corrected chi connectivity index (χ0v) is 11.8. The Bertz CT molecular complexity index is 367. The number of hydrogen-bond donors (Lipinski definition) is 1. The van der Waals surface area contributed by atoms with Crippen LogP contribution in [0.4, 0.5) is 0 Å². The molecule has 0 atom stereocenters. The zero-order valence-electron chi connectivity index (χ0n) is 11.8. The molecule has 1 aromatic carbocycles. The van der Waals surface area contributed by atoms with Gasteiger partial charge in [-0.25, -0.2) is 0 Å². The zero-order chi connectivity index (χ0) is 13.0. The Balaban J connectivity index is 1.88. The van der Waals surface area contributed by atoms with Crippen LogP contribution in [0.25, 0.3) is 0 Å². The van der Waals surface area contributed by atoms with Gasteiger partial charge in [-0.3, -0.25) is 0 Å². The van der Waals surface area contributed by atoms with Crippen molar-refractivity contribution in [2.45, 2.75) is 57.5 Å². The van der Waals surface area contributed by atoms with Crippen LogP contribution in [0.5, 0.6) is 5.75 Å². The van der Waals surface area contributed by atoms with E-state index in [2.05, 4.69) is 37.4 Å². The maximum atomic E-state index is 5.44. The van der Waals surface area contributed by atoms with Gasteiger partial charge in [0.05, 0.1) is 7.11 Å². The average Bonchev–Trinajstić information content (AvgIpc) is 2.38. The van der Waals surface area contributed by atoms with Crippen LogP contribution in [0.1, 0.15) is 51.0 Å². The number of hydrogen-bond acceptors (Lipinski definition) is 2. The molecule has 0 heterocycles. The van der Waals surface area contributed by atoms with Gasteiger partial charge < -0.3 is 10.1 Å². The van der Waals surface area contributed by atoms with Crippen molar-refractivity contribution in [2.75, 3.05) is 7.11 Å². The normalized spacial score (nSPS) is 22.9. The summed E-state index contributed by atoms with van der Waals surface area (Å²) in [4.78, 5) is 0. The summed E-state index contributed by atoms with van der Waals surface area (Å²) >= 11 is 0. The van der Waals surface area contributed by atoms with E-state index in [1.165, 1.54) is 31.2 Å². The summed E-state index contributed by atoms with van der Waals surface area (Å²) in [5, 5.41) is 3.75. The summed E-state index contributed by atoms with van der Waals surface area (Å²) in [6, 6.07) is 9.81. The van der Waals surface area contributed by atoms with Gasteiger partial charge in [0.25, 0.3) is 0 Å². The maximum Gasteiger partial charge on any atom is 0.122 e. The highest BCUT2D eigenvalue weighted by atomic mass is 16.5. The van der Waals surface area contributed by atoms with Crippen molar-refractivity contribution in [3.63, 3.8) is 0 Å². The first-order valence-corrected chi connectivity index (χ1v) is 7.17. The van der Waals surface area contributed by atoms with Crippen molar-refractivity contribution >= 4 is 0 Å². The van der Waals surface area contributed by atoms with Crippen LogP contribution in [0.15, 0.2) is 24.3 Å². The highest BCUT2D eigenvalue weighted by molar-refractivity contribution is 5.37. The predicted molar refractivity (Wildman–Crippen MR) is 76.3 cm³/mol. The minimum Gasteiger partial charge on any atom is -0.496 e. The van der Waals surface area contributed by atoms with E-state index in [1.807, 2.05) is 6.07 Å². The highest BCUT2D eigenvalue weighted by Crippen LogP contribution is 2.41. The van der Waals surface area contributed by atoms with Crippen molar-refractivity contribution in [2.24, 2.45) is 0 Å². The Morgan fingerprint density at radius 2 is 1.89 bits per heavy atom. The third kappa shape index (κ3) is 2.86. The van der Waals surface area contributed by atoms with Gasteiger partial charge in [0.15, 0.2) is 0 Å². The minimum atomic E-state index is 0.674. The van der Waals surface area contributed by atoms with Crippen molar-refractivity contribution < 1.29 is 4.74 Å². The summed E-state index contributed by atoms with van der Waals surface area (Å²) in [6.45, 7) is 4.52. The molecule has 0 unspecified atom stereocenters. The first kappa shape index (κ1) is 13.4. The number of ether oxygens (including phenoxy) is 1. The smallest absolute Gasteiger partial charge is 0.122 e. The molecule has 1 aliphatic carbocycles. The first-order valence-electron chi connectivity index (χ1n) is 7.17. The van der Waals surface area contributed by atoms with Gasteiger partial charge >= 0.3 is 0 Å². The summed E-state index contributed by atoms with van der Waals surface area (Å²) in [5.74, 6) is 1.72. The molecule has 2 rings (SSSR count). The average molecular weight is 247 g/mol. The molecule has 1 aliphatic rings. The molecule has 0 spiro atoms. The third-order valence-corrected chi connectivity index (χ3v) is 4.17. The summed E-state index contributed by atoms with van der Waals surface area (Å²) in [7, 11) is 1.76. The predicted octanol–water partition coefficient (Wildman–Crippen LogP) is 3.72. The molecule has 0 aromatic heterocycles. The van der Waals surface area contributed by atoms with Gasteiger partial charge in [0.2, 0.25) is 0 Å². The molecule has 1 aromatic rings. The van der Waals surface area contributed by atoms with Crippen LogP contribution in [-0.4, -0.2) is 19.2 Å². The summed E-state index contributed by atoms with van der Waals surface area (Å²) in [6.07, 6.45) is 4.95. The van der Waals surface area contributed by atoms with E-state index in [0.717, 1.165) is 5.75 Å². The molecule has 2 heteroatoms. The van der Waals surface area contributed by atoms with E-state index >= 15 is 0 Å². The van der Waals surface area contributed by atoms with Crippen molar-refractivity contribution in [3.8, 4) is 5.75 Å². The fourth-order valence-electron chi connectivity index (χ4n) is 2.87. The first-order chi connectivity index (χ1) is 8.78. The molecule has 1 saturated carbocycles. The number of benzene rings is 1. The molecule has 100 valence electrons. The number of rotatable bonds is 6. The standard InChI is InChI=1S/C16H25NO/c1-4-13(5-2)17-14-10-12(11-14)15-8-6-7-9-16(15)18-3/h6-9,12-14,17H,4-5,10-11H2,1-3H3. The lowest BCUT2D eigenvalue weighted by molar-refractivity contribution is 0.254. The van der Waals surface area contributed by atoms with Crippen LogP contribution < -0.4 is 10.1 Å². The lowest BCUT2D eigenvalue weighted by atomic mass is 9.75. The minimum absolute atomic E-state index is 0.674. The van der Waals surface area contributed by atoms with E-state index in [4.69, 9.17) is 4.74 Å². The molecule has 2 nitrogen and oxygen atoms in total. The van der Waals surface area contributed by atoms with Gasteiger partial charge in [0, 0.05) is 12.1 Å². The van der Waals surface area contributed by atoms with E-state index in [0.29, 0.717) is 18.0 Å². The second kappa shape index (κ2) is 6.24. The molecule has 1 N–H and O–H groups in total. The van der Waals surface area contributed by atoms with Gasteiger partial charge in [0.1, 0.15) is 5.75 Å². The Morgan fingerprint density at radius 1 is 1.22 bits per heavy atom. The van der Waals surface area contributed by atoms with E-state index in [-0.39, 0.29) is 0 Å². The van der Waals surface area contributed by atoms with Crippen LogP contribution in [0.3, 0.4) is 0 Å². The maximum absolute atomic E-state index is 5.44. The van der Waals surface area contributed by atoms with Crippen LogP contribution in [0, 0.1) is 0 Å². The highest BCUT2D eigenvalue weighted by Gasteiger charge is 2.32. The van der Waals surface area contributed by atoms with Crippen LogP contribution in [0.2, 0.25) is 0 Å². The topological polar surface area (TPSA) is 21.3 Å².